The number of Topliss-reactive ketones (excluding diaryl/α,β-unsaturated/α-hetero) is 1. The smallest absolute Gasteiger partial charge is 0.165 e. The van der Waals surface area contributed by atoms with Crippen LogP contribution in [0.4, 0.5) is 0 Å². The van der Waals surface area contributed by atoms with Crippen LogP contribution in [0.5, 0.6) is 0 Å². The molecule has 4 aliphatic rings. The van der Waals surface area contributed by atoms with Crippen LogP contribution in [-0.4, -0.2) is 38.9 Å². The molecule has 0 bridgehead atoms. The summed E-state index contributed by atoms with van der Waals surface area (Å²) in [5.41, 5.74) is -0.877. The Balaban J connectivity index is 1.57. The van der Waals surface area contributed by atoms with Crippen LogP contribution in [0.3, 0.4) is 0 Å². The number of ketones is 1. The minimum atomic E-state index is -1.60. The van der Waals surface area contributed by atoms with Crippen LogP contribution in [0, 0.1) is 46.3 Å². The molecule has 4 saturated carbocycles. The van der Waals surface area contributed by atoms with Crippen LogP contribution in [0.15, 0.2) is 12.2 Å². The molecule has 4 aliphatic carbocycles. The number of carbonyl (C=O) groups is 1. The Morgan fingerprint density at radius 3 is 2.47 bits per heavy atom. The maximum Gasteiger partial charge on any atom is 0.165 e. The molecule has 4 rings (SSSR count). The van der Waals surface area contributed by atoms with Gasteiger partial charge in [0.15, 0.2) is 5.78 Å². The lowest BCUT2D eigenvalue weighted by molar-refractivity contribution is -0.245. The van der Waals surface area contributed by atoms with E-state index in [0.717, 1.165) is 25.7 Å². The molecule has 0 radical (unpaired) electrons. The third-order valence-electron chi connectivity index (χ3n) is 11.2. The molecular weight excluding hydrogens is 400 g/mol. The third kappa shape index (κ3) is 3.38. The molecule has 4 heteroatoms. The quantitative estimate of drug-likeness (QED) is 0.525. The summed E-state index contributed by atoms with van der Waals surface area (Å²) >= 11 is 0. The van der Waals surface area contributed by atoms with Crippen LogP contribution < -0.4 is 0 Å². The summed E-state index contributed by atoms with van der Waals surface area (Å²) in [6.45, 7) is 15.5. The standard InChI is InChI=1S/C28H46O4/c1-16(2)17(3)7-8-18(4)21-9-10-22-20-14-25(31)28(32)15-19(29)13-24(30)27(28,6)23(20)11-12-26(21,22)5/h16,18-24,29-30,32H,3,7-15H2,1-2,4-6H3/t18-,19+,20+,21-,22+,23+,24+,26-,27+,28+/m1/s1. The third-order valence-corrected chi connectivity index (χ3v) is 11.2. The second-order valence-corrected chi connectivity index (χ2v) is 12.8. The van der Waals surface area contributed by atoms with Crippen LogP contribution in [0.2, 0.25) is 0 Å². The van der Waals surface area contributed by atoms with Crippen molar-refractivity contribution in [1.82, 2.24) is 0 Å². The molecule has 32 heavy (non-hydrogen) atoms. The number of hydrogen-bond donors (Lipinski definition) is 3. The normalized spacial score (nSPS) is 49.3. The largest absolute Gasteiger partial charge is 0.393 e. The van der Waals surface area contributed by atoms with Gasteiger partial charge in [0, 0.05) is 24.7 Å². The average Bonchev–Trinajstić information content (AvgIpc) is 3.06. The lowest BCUT2D eigenvalue weighted by Crippen LogP contribution is -2.71. The van der Waals surface area contributed by atoms with E-state index in [4.69, 9.17) is 0 Å². The predicted molar refractivity (Wildman–Crippen MR) is 127 cm³/mol. The molecule has 0 amide bonds. The SMILES string of the molecule is C=C(CC[C@@H](C)[C@H]1CC[C@H]2[C@@H]3CC(=O)[C@@]4(O)C[C@@H](O)C[C@H](O)[C@]4(C)[C@H]3CC[C@]12C)C(C)C. The minimum Gasteiger partial charge on any atom is -0.393 e. The molecule has 182 valence electrons. The lowest BCUT2D eigenvalue weighted by atomic mass is 9.42. The first-order valence-corrected chi connectivity index (χ1v) is 13.2. The van der Waals surface area contributed by atoms with Gasteiger partial charge in [-0.25, -0.2) is 0 Å². The fourth-order valence-corrected chi connectivity index (χ4v) is 8.97. The number of fused-ring (bicyclic) bond motifs is 5. The Hall–Kier alpha value is -0.710. The van der Waals surface area contributed by atoms with Crippen molar-refractivity contribution in [1.29, 1.82) is 0 Å². The zero-order valence-corrected chi connectivity index (χ0v) is 20.9. The van der Waals surface area contributed by atoms with Gasteiger partial charge in [-0.15, -0.1) is 0 Å². The number of aliphatic hydroxyl groups excluding tert-OH is 2. The first kappa shape index (κ1) is 24.4. The predicted octanol–water partition coefficient (Wildman–Crippen LogP) is 4.90. The molecule has 4 nitrogen and oxygen atoms in total. The van der Waals surface area contributed by atoms with Crippen molar-refractivity contribution >= 4 is 5.78 Å². The zero-order chi connectivity index (χ0) is 23.6. The van der Waals surface area contributed by atoms with Gasteiger partial charge in [0.1, 0.15) is 5.60 Å². The molecule has 0 heterocycles. The number of hydrogen-bond acceptors (Lipinski definition) is 4. The van der Waals surface area contributed by atoms with Crippen molar-refractivity contribution in [3.63, 3.8) is 0 Å². The van der Waals surface area contributed by atoms with Gasteiger partial charge >= 0.3 is 0 Å². The van der Waals surface area contributed by atoms with E-state index in [2.05, 4.69) is 34.3 Å². The highest BCUT2D eigenvalue weighted by Crippen LogP contribution is 2.68. The van der Waals surface area contributed by atoms with E-state index in [9.17, 15) is 20.1 Å². The fourth-order valence-electron chi connectivity index (χ4n) is 8.97. The summed E-state index contributed by atoms with van der Waals surface area (Å²) in [5.74, 6) is 2.55. The summed E-state index contributed by atoms with van der Waals surface area (Å²) in [7, 11) is 0. The molecule has 3 N–H and O–H groups in total. The Labute approximate surface area is 194 Å². The summed E-state index contributed by atoms with van der Waals surface area (Å²) in [4.78, 5) is 13.4. The second-order valence-electron chi connectivity index (χ2n) is 12.8. The Morgan fingerprint density at radius 2 is 1.81 bits per heavy atom. The molecular formula is C28H46O4. The maximum atomic E-state index is 13.4. The van der Waals surface area contributed by atoms with Crippen molar-refractivity contribution in [2.24, 2.45) is 46.3 Å². The van der Waals surface area contributed by atoms with Gasteiger partial charge in [-0.2, -0.15) is 0 Å². The van der Waals surface area contributed by atoms with Crippen molar-refractivity contribution < 1.29 is 20.1 Å². The topological polar surface area (TPSA) is 77.8 Å². The molecule has 0 aromatic heterocycles. The number of allylic oxidation sites excluding steroid dienone is 1. The molecule has 0 aliphatic heterocycles. The fraction of sp³-hybridized carbons (Fsp3) is 0.893. The molecule has 10 atom stereocenters. The summed E-state index contributed by atoms with van der Waals surface area (Å²) in [6.07, 6.45) is 5.81. The number of carbonyl (C=O) groups excluding carboxylic acids is 1. The van der Waals surface area contributed by atoms with Crippen LogP contribution in [0.1, 0.15) is 92.4 Å². The van der Waals surface area contributed by atoms with E-state index in [0.29, 0.717) is 30.1 Å². The van der Waals surface area contributed by atoms with Gasteiger partial charge in [-0.1, -0.05) is 46.8 Å². The number of rotatable bonds is 5. The average molecular weight is 447 g/mol. The van der Waals surface area contributed by atoms with Gasteiger partial charge in [0.05, 0.1) is 12.2 Å². The van der Waals surface area contributed by atoms with Gasteiger partial charge in [0.25, 0.3) is 0 Å². The van der Waals surface area contributed by atoms with E-state index < -0.39 is 23.2 Å². The van der Waals surface area contributed by atoms with Gasteiger partial charge in [-0.05, 0) is 79.4 Å². The van der Waals surface area contributed by atoms with E-state index in [1.807, 2.05) is 6.92 Å². The monoisotopic (exact) mass is 446 g/mol. The summed E-state index contributed by atoms with van der Waals surface area (Å²) in [6, 6.07) is 0. The van der Waals surface area contributed by atoms with Crippen LogP contribution in [-0.2, 0) is 4.79 Å². The first-order valence-electron chi connectivity index (χ1n) is 13.2. The highest BCUT2D eigenvalue weighted by molar-refractivity contribution is 5.90. The summed E-state index contributed by atoms with van der Waals surface area (Å²) < 4.78 is 0. The van der Waals surface area contributed by atoms with E-state index in [-0.39, 0.29) is 35.9 Å². The molecule has 0 aromatic carbocycles. The molecule has 0 aromatic rings. The molecule has 0 saturated heterocycles. The highest BCUT2D eigenvalue weighted by atomic mass is 16.3. The van der Waals surface area contributed by atoms with Crippen molar-refractivity contribution in [2.45, 2.75) is 110 Å². The Bertz CT molecular complexity index is 761. The Morgan fingerprint density at radius 1 is 1.12 bits per heavy atom. The molecule has 4 fully saturated rings. The first-order chi connectivity index (χ1) is 14.9. The van der Waals surface area contributed by atoms with E-state index >= 15 is 0 Å². The van der Waals surface area contributed by atoms with Crippen molar-refractivity contribution in [2.75, 3.05) is 0 Å². The lowest BCUT2D eigenvalue weighted by Gasteiger charge is -2.64. The molecule has 0 spiro atoms. The van der Waals surface area contributed by atoms with E-state index in [1.54, 1.807) is 0 Å². The van der Waals surface area contributed by atoms with E-state index in [1.165, 1.54) is 18.4 Å². The van der Waals surface area contributed by atoms with Gasteiger partial charge in [0.2, 0.25) is 0 Å². The second kappa shape index (κ2) is 8.20. The molecule has 0 unspecified atom stereocenters. The summed E-state index contributed by atoms with van der Waals surface area (Å²) in [5, 5.41) is 32.9. The minimum absolute atomic E-state index is 0.0734. The Kier molecular flexibility index (Phi) is 6.26. The van der Waals surface area contributed by atoms with Crippen LogP contribution >= 0.6 is 0 Å². The van der Waals surface area contributed by atoms with Crippen molar-refractivity contribution in [3.05, 3.63) is 12.2 Å². The van der Waals surface area contributed by atoms with Gasteiger partial charge < -0.3 is 15.3 Å². The van der Waals surface area contributed by atoms with Gasteiger partial charge in [-0.3, -0.25) is 4.79 Å². The van der Waals surface area contributed by atoms with Crippen molar-refractivity contribution in [3.8, 4) is 0 Å². The zero-order valence-electron chi connectivity index (χ0n) is 20.9. The van der Waals surface area contributed by atoms with Crippen LogP contribution in [0.25, 0.3) is 0 Å². The number of aliphatic hydroxyl groups is 3. The highest BCUT2D eigenvalue weighted by Gasteiger charge is 2.70. The maximum absolute atomic E-state index is 13.4.